The predicted octanol–water partition coefficient (Wildman–Crippen LogP) is 0.863. The molecule has 1 N–H and O–H groups in total. The number of likely N-dealkylation sites (N-methyl/N-ethyl adjacent to an activating group) is 1. The van der Waals surface area contributed by atoms with Gasteiger partial charge in [0.2, 0.25) is 0 Å². The maximum absolute atomic E-state index is 5.96. The molecule has 17 heavy (non-hydrogen) atoms. The Kier molecular flexibility index (Phi) is 4.08. The van der Waals surface area contributed by atoms with Crippen LogP contribution in [0.4, 0.5) is 0 Å². The van der Waals surface area contributed by atoms with Crippen molar-refractivity contribution in [3.8, 4) is 0 Å². The van der Waals surface area contributed by atoms with Crippen molar-refractivity contribution in [2.24, 2.45) is 0 Å². The van der Waals surface area contributed by atoms with Crippen molar-refractivity contribution >= 4 is 0 Å². The Morgan fingerprint density at radius 1 is 1.35 bits per heavy atom. The molecule has 2 saturated heterocycles. The molecule has 0 aromatic rings. The lowest BCUT2D eigenvalue weighted by atomic mass is 9.97. The smallest absolute Gasteiger partial charge is 0.0757 e. The van der Waals surface area contributed by atoms with E-state index in [-0.39, 0.29) is 5.60 Å². The Balaban J connectivity index is 2.04. The van der Waals surface area contributed by atoms with Gasteiger partial charge >= 0.3 is 0 Å². The van der Waals surface area contributed by atoms with Gasteiger partial charge in [0.05, 0.1) is 18.3 Å². The average molecular weight is 242 g/mol. The molecule has 0 aromatic carbocycles. The van der Waals surface area contributed by atoms with E-state index < -0.39 is 0 Å². The fraction of sp³-hybridized carbons (Fsp3) is 1.00. The normalized spacial score (nSPS) is 39.2. The quantitative estimate of drug-likeness (QED) is 0.779. The molecule has 0 bridgehead atoms. The van der Waals surface area contributed by atoms with Crippen molar-refractivity contribution in [3.63, 3.8) is 0 Å². The lowest BCUT2D eigenvalue weighted by molar-refractivity contribution is -0.150. The molecule has 100 valence electrons. The van der Waals surface area contributed by atoms with Crippen molar-refractivity contribution < 1.29 is 9.47 Å². The zero-order valence-corrected chi connectivity index (χ0v) is 11.5. The number of ether oxygens (including phenoxy) is 2. The molecule has 2 aliphatic rings. The number of hydrogen-bond donors (Lipinski definition) is 1. The third kappa shape index (κ3) is 3.19. The van der Waals surface area contributed by atoms with Crippen LogP contribution in [0.3, 0.4) is 0 Å². The summed E-state index contributed by atoms with van der Waals surface area (Å²) < 4.78 is 11.6. The molecule has 0 radical (unpaired) electrons. The van der Waals surface area contributed by atoms with Crippen LogP contribution in [0.2, 0.25) is 0 Å². The van der Waals surface area contributed by atoms with E-state index in [9.17, 15) is 0 Å². The van der Waals surface area contributed by atoms with Crippen LogP contribution in [0.25, 0.3) is 0 Å². The molecule has 4 heteroatoms. The summed E-state index contributed by atoms with van der Waals surface area (Å²) >= 11 is 0. The van der Waals surface area contributed by atoms with E-state index in [0.29, 0.717) is 18.2 Å². The van der Waals surface area contributed by atoms with E-state index in [1.165, 1.54) is 0 Å². The Labute approximate surface area is 105 Å². The van der Waals surface area contributed by atoms with Gasteiger partial charge in [-0.3, -0.25) is 4.90 Å². The number of hydrogen-bond acceptors (Lipinski definition) is 4. The van der Waals surface area contributed by atoms with Crippen LogP contribution in [0.5, 0.6) is 0 Å². The summed E-state index contributed by atoms with van der Waals surface area (Å²) in [5.41, 5.74) is -0.0482. The van der Waals surface area contributed by atoms with E-state index in [2.05, 4.69) is 38.0 Å². The lowest BCUT2D eigenvalue weighted by Crippen LogP contribution is -2.62. The Bertz CT molecular complexity index is 258. The summed E-state index contributed by atoms with van der Waals surface area (Å²) in [6.45, 7) is 10.2. The van der Waals surface area contributed by atoms with Crippen LogP contribution < -0.4 is 5.32 Å². The Morgan fingerprint density at radius 2 is 2.12 bits per heavy atom. The monoisotopic (exact) mass is 242 g/mol. The minimum absolute atomic E-state index is 0.0482. The molecule has 2 heterocycles. The first kappa shape index (κ1) is 13.3. The molecule has 3 unspecified atom stereocenters. The van der Waals surface area contributed by atoms with Gasteiger partial charge in [0, 0.05) is 31.8 Å². The first-order valence-electron chi connectivity index (χ1n) is 6.69. The van der Waals surface area contributed by atoms with Crippen LogP contribution in [0.1, 0.15) is 27.2 Å². The van der Waals surface area contributed by atoms with Gasteiger partial charge in [-0.15, -0.1) is 0 Å². The van der Waals surface area contributed by atoms with Gasteiger partial charge < -0.3 is 14.8 Å². The molecule has 3 atom stereocenters. The molecule has 0 aliphatic carbocycles. The Hall–Kier alpha value is -0.160. The van der Waals surface area contributed by atoms with Gasteiger partial charge in [0.1, 0.15) is 0 Å². The second-order valence-electron chi connectivity index (χ2n) is 5.94. The summed E-state index contributed by atoms with van der Waals surface area (Å²) in [6, 6.07) is 1.03. The fourth-order valence-electron chi connectivity index (χ4n) is 3.18. The largest absolute Gasteiger partial charge is 0.380 e. The zero-order valence-electron chi connectivity index (χ0n) is 11.5. The molecule has 2 fully saturated rings. The van der Waals surface area contributed by atoms with Gasteiger partial charge in [0.15, 0.2) is 0 Å². The summed E-state index contributed by atoms with van der Waals surface area (Å²) in [5.74, 6) is 0. The summed E-state index contributed by atoms with van der Waals surface area (Å²) in [4.78, 5) is 2.54. The number of rotatable bonds is 2. The third-order valence-corrected chi connectivity index (χ3v) is 3.76. The summed E-state index contributed by atoms with van der Waals surface area (Å²) in [6.07, 6.45) is 1.41. The molecule has 0 aromatic heterocycles. The highest BCUT2D eigenvalue weighted by Crippen LogP contribution is 2.25. The number of morpholine rings is 1. The summed E-state index contributed by atoms with van der Waals surface area (Å²) in [7, 11) is 2.05. The van der Waals surface area contributed by atoms with E-state index in [1.54, 1.807) is 0 Å². The van der Waals surface area contributed by atoms with Crippen molar-refractivity contribution in [2.75, 3.05) is 33.4 Å². The molecule has 2 rings (SSSR count). The van der Waals surface area contributed by atoms with Crippen LogP contribution in [0.15, 0.2) is 0 Å². The molecular formula is C13H26N2O2. The Morgan fingerprint density at radius 3 is 2.76 bits per heavy atom. The van der Waals surface area contributed by atoms with E-state index in [0.717, 1.165) is 32.7 Å². The second-order valence-corrected chi connectivity index (χ2v) is 5.94. The van der Waals surface area contributed by atoms with Crippen LogP contribution in [0, 0.1) is 0 Å². The fourth-order valence-corrected chi connectivity index (χ4v) is 3.18. The van der Waals surface area contributed by atoms with Crippen molar-refractivity contribution in [1.82, 2.24) is 10.2 Å². The minimum Gasteiger partial charge on any atom is -0.380 e. The van der Waals surface area contributed by atoms with Gasteiger partial charge in [-0.2, -0.15) is 0 Å². The van der Waals surface area contributed by atoms with Crippen LogP contribution in [-0.2, 0) is 9.47 Å². The summed E-state index contributed by atoms with van der Waals surface area (Å²) in [5, 5.41) is 3.43. The highest BCUT2D eigenvalue weighted by Gasteiger charge is 2.38. The molecule has 4 nitrogen and oxygen atoms in total. The molecule has 0 spiro atoms. The van der Waals surface area contributed by atoms with E-state index >= 15 is 0 Å². The average Bonchev–Trinajstić information content (AvgIpc) is 2.26. The zero-order chi connectivity index (χ0) is 12.5. The molecular weight excluding hydrogens is 216 g/mol. The van der Waals surface area contributed by atoms with Gasteiger partial charge in [-0.05, 0) is 34.2 Å². The topological polar surface area (TPSA) is 33.7 Å². The number of nitrogens with one attached hydrogen (secondary N) is 1. The lowest BCUT2D eigenvalue weighted by Gasteiger charge is -2.48. The van der Waals surface area contributed by atoms with Crippen LogP contribution >= 0.6 is 0 Å². The maximum atomic E-state index is 5.96. The predicted molar refractivity (Wildman–Crippen MR) is 68.3 cm³/mol. The minimum atomic E-state index is -0.0482. The first-order chi connectivity index (χ1) is 8.02. The van der Waals surface area contributed by atoms with Gasteiger partial charge in [-0.1, -0.05) is 0 Å². The third-order valence-electron chi connectivity index (χ3n) is 3.76. The van der Waals surface area contributed by atoms with Gasteiger partial charge in [-0.25, -0.2) is 0 Å². The maximum Gasteiger partial charge on any atom is 0.0757 e. The van der Waals surface area contributed by atoms with Crippen molar-refractivity contribution in [1.29, 1.82) is 0 Å². The van der Waals surface area contributed by atoms with E-state index in [4.69, 9.17) is 9.47 Å². The first-order valence-corrected chi connectivity index (χ1v) is 6.69. The van der Waals surface area contributed by atoms with Gasteiger partial charge in [0.25, 0.3) is 0 Å². The second kappa shape index (κ2) is 5.22. The molecule has 0 amide bonds. The number of nitrogens with zero attached hydrogens (tertiary/aromatic N) is 1. The highest BCUT2D eigenvalue weighted by molar-refractivity contribution is 4.92. The van der Waals surface area contributed by atoms with Crippen molar-refractivity contribution in [3.05, 3.63) is 0 Å². The molecule has 0 saturated carbocycles. The van der Waals surface area contributed by atoms with Crippen LogP contribution in [-0.4, -0.2) is 62.0 Å². The SMILES string of the molecule is CNC1CCOCC1N1CC(C)OC(C)(C)C1. The standard InChI is InChI=1S/C13H26N2O2/c1-10-7-15(9-13(2,3)17-10)12-8-16-6-5-11(12)14-4/h10-12,14H,5-9H2,1-4H3. The highest BCUT2D eigenvalue weighted by atomic mass is 16.5. The molecule has 2 aliphatic heterocycles. The van der Waals surface area contributed by atoms with Crippen molar-refractivity contribution in [2.45, 2.75) is 51.0 Å². The van der Waals surface area contributed by atoms with E-state index in [1.807, 2.05) is 0 Å².